The fraction of sp³-hybridized carbons (Fsp3) is 0.231. The zero-order valence-corrected chi connectivity index (χ0v) is 18.4. The van der Waals surface area contributed by atoms with Crippen molar-refractivity contribution in [3.8, 4) is 11.8 Å². The SMILES string of the molecule is CC(C#N)=C1c2ccc(Cn3c(C4CC4)nc4cscc43)cc2COc2cc(F)ccc21. The molecule has 0 unspecified atom stereocenters. The van der Waals surface area contributed by atoms with Crippen LogP contribution in [0.1, 0.15) is 53.8 Å². The third-order valence-corrected chi connectivity index (χ3v) is 7.00. The molecule has 2 aliphatic rings. The highest BCUT2D eigenvalue weighted by Gasteiger charge is 2.30. The second kappa shape index (κ2) is 7.32. The van der Waals surface area contributed by atoms with E-state index in [1.807, 2.05) is 0 Å². The number of imidazole rings is 1. The van der Waals surface area contributed by atoms with Crippen LogP contribution in [0.15, 0.2) is 52.7 Å². The van der Waals surface area contributed by atoms with Gasteiger partial charge in [0.15, 0.2) is 0 Å². The molecular formula is C26H20FN3OS. The van der Waals surface area contributed by atoms with Gasteiger partial charge in [-0.25, -0.2) is 9.37 Å². The lowest BCUT2D eigenvalue weighted by Crippen LogP contribution is -2.06. The lowest BCUT2D eigenvalue weighted by Gasteiger charge is -2.14. The Morgan fingerprint density at radius 1 is 1.22 bits per heavy atom. The average molecular weight is 442 g/mol. The summed E-state index contributed by atoms with van der Waals surface area (Å²) in [7, 11) is 0. The van der Waals surface area contributed by atoms with E-state index in [1.54, 1.807) is 24.3 Å². The number of rotatable bonds is 3. The number of hydrogen-bond acceptors (Lipinski definition) is 4. The first-order valence-electron chi connectivity index (χ1n) is 10.7. The monoisotopic (exact) mass is 441 g/mol. The molecule has 0 N–H and O–H groups in total. The van der Waals surface area contributed by atoms with Crippen molar-refractivity contribution in [1.82, 2.24) is 9.55 Å². The Bertz CT molecular complexity index is 1450. The van der Waals surface area contributed by atoms with Crippen LogP contribution in [0.3, 0.4) is 0 Å². The van der Waals surface area contributed by atoms with Crippen molar-refractivity contribution < 1.29 is 9.13 Å². The van der Waals surface area contributed by atoms with E-state index in [0.717, 1.165) is 39.9 Å². The van der Waals surface area contributed by atoms with Gasteiger partial charge in [0, 0.05) is 46.0 Å². The Hall–Kier alpha value is -3.43. The van der Waals surface area contributed by atoms with E-state index < -0.39 is 0 Å². The molecule has 0 atom stereocenters. The van der Waals surface area contributed by atoms with Crippen LogP contribution < -0.4 is 4.74 Å². The van der Waals surface area contributed by atoms with E-state index >= 15 is 0 Å². The summed E-state index contributed by atoms with van der Waals surface area (Å²) in [5.41, 5.74) is 7.53. The Morgan fingerprint density at radius 3 is 2.88 bits per heavy atom. The highest BCUT2D eigenvalue weighted by Crippen LogP contribution is 2.42. The molecule has 0 amide bonds. The predicted molar refractivity (Wildman–Crippen MR) is 123 cm³/mol. The molecular weight excluding hydrogens is 421 g/mol. The Kier molecular flexibility index (Phi) is 4.41. The maximum Gasteiger partial charge on any atom is 0.130 e. The third-order valence-electron chi connectivity index (χ3n) is 6.29. The van der Waals surface area contributed by atoms with E-state index in [9.17, 15) is 9.65 Å². The summed E-state index contributed by atoms with van der Waals surface area (Å²) < 4.78 is 22.2. The molecule has 6 heteroatoms. The molecule has 1 aliphatic carbocycles. The number of nitrogens with zero attached hydrogens (tertiary/aromatic N) is 3. The Morgan fingerprint density at radius 2 is 2.06 bits per heavy atom. The number of benzene rings is 2. The number of thiophene rings is 1. The van der Waals surface area contributed by atoms with Crippen molar-refractivity contribution in [3.63, 3.8) is 0 Å². The standard InChI is InChI=1S/C26H20FN3OS/c1-15(10-28)25-20-6-2-16(8-18(20)12-31-24-9-19(27)5-7-21(24)25)11-30-23-14-32-13-22(23)29-26(30)17-3-4-17/h2,5-9,13-14,17H,3-4,11-12H2,1H3. The van der Waals surface area contributed by atoms with Gasteiger partial charge in [0.05, 0.1) is 17.1 Å². The van der Waals surface area contributed by atoms with Crippen LogP contribution in [-0.2, 0) is 13.2 Å². The quantitative estimate of drug-likeness (QED) is 0.346. The number of fused-ring (bicyclic) bond motifs is 3. The third kappa shape index (κ3) is 3.12. The number of aromatic nitrogens is 2. The van der Waals surface area contributed by atoms with Crippen molar-refractivity contribution in [2.75, 3.05) is 0 Å². The van der Waals surface area contributed by atoms with Crippen LogP contribution in [-0.4, -0.2) is 9.55 Å². The van der Waals surface area contributed by atoms with Crippen molar-refractivity contribution in [1.29, 1.82) is 5.26 Å². The number of allylic oxidation sites excluding steroid dienone is 1. The molecule has 1 aliphatic heterocycles. The number of ether oxygens (including phenoxy) is 1. The molecule has 32 heavy (non-hydrogen) atoms. The van der Waals surface area contributed by atoms with Gasteiger partial charge < -0.3 is 9.30 Å². The van der Waals surface area contributed by atoms with Crippen molar-refractivity contribution in [2.24, 2.45) is 0 Å². The Balaban J connectivity index is 1.44. The molecule has 4 aromatic rings. The Labute approximate surface area is 189 Å². The van der Waals surface area contributed by atoms with Crippen LogP contribution in [0.5, 0.6) is 5.75 Å². The van der Waals surface area contributed by atoms with Gasteiger partial charge in [-0.05, 0) is 54.7 Å². The highest BCUT2D eigenvalue weighted by atomic mass is 32.1. The maximum atomic E-state index is 13.9. The van der Waals surface area contributed by atoms with Gasteiger partial charge in [-0.3, -0.25) is 0 Å². The molecule has 0 saturated heterocycles. The molecule has 0 spiro atoms. The fourth-order valence-corrected chi connectivity index (χ4v) is 5.32. The minimum atomic E-state index is -0.350. The van der Waals surface area contributed by atoms with Crippen LogP contribution in [0.25, 0.3) is 16.6 Å². The van der Waals surface area contributed by atoms with Crippen LogP contribution >= 0.6 is 11.3 Å². The van der Waals surface area contributed by atoms with E-state index in [2.05, 4.69) is 39.6 Å². The van der Waals surface area contributed by atoms with Gasteiger partial charge in [-0.15, -0.1) is 11.3 Å². The van der Waals surface area contributed by atoms with Crippen LogP contribution in [0, 0.1) is 17.1 Å². The van der Waals surface area contributed by atoms with Gasteiger partial charge in [0.1, 0.15) is 24.0 Å². The highest BCUT2D eigenvalue weighted by molar-refractivity contribution is 7.09. The van der Waals surface area contributed by atoms with E-state index in [1.165, 1.54) is 36.3 Å². The smallest absolute Gasteiger partial charge is 0.130 e. The predicted octanol–water partition coefficient (Wildman–Crippen LogP) is 6.40. The molecule has 0 radical (unpaired) electrons. The molecule has 0 bridgehead atoms. The molecule has 6 rings (SSSR count). The van der Waals surface area contributed by atoms with E-state index in [0.29, 0.717) is 23.8 Å². The fourth-order valence-electron chi connectivity index (χ4n) is 4.57. The molecule has 4 nitrogen and oxygen atoms in total. The summed E-state index contributed by atoms with van der Waals surface area (Å²) in [5, 5.41) is 13.9. The normalized spacial score (nSPS) is 16.7. The lowest BCUT2D eigenvalue weighted by molar-refractivity contribution is 0.305. The lowest BCUT2D eigenvalue weighted by atomic mass is 9.90. The minimum Gasteiger partial charge on any atom is -0.488 e. The molecule has 3 heterocycles. The zero-order chi connectivity index (χ0) is 21.8. The second-order valence-corrected chi connectivity index (χ2v) is 9.25. The first-order valence-corrected chi connectivity index (χ1v) is 11.6. The van der Waals surface area contributed by atoms with Gasteiger partial charge >= 0.3 is 0 Å². The van der Waals surface area contributed by atoms with Crippen molar-refractivity contribution >= 4 is 27.9 Å². The van der Waals surface area contributed by atoms with Crippen LogP contribution in [0.4, 0.5) is 4.39 Å². The molecule has 1 saturated carbocycles. The maximum absolute atomic E-state index is 13.9. The summed E-state index contributed by atoms with van der Waals surface area (Å²) >= 11 is 1.68. The summed E-state index contributed by atoms with van der Waals surface area (Å²) in [5.74, 6) is 1.86. The number of halogens is 1. The largest absolute Gasteiger partial charge is 0.488 e. The van der Waals surface area contributed by atoms with Crippen molar-refractivity contribution in [3.05, 3.63) is 86.6 Å². The van der Waals surface area contributed by atoms with Gasteiger partial charge in [0.2, 0.25) is 0 Å². The van der Waals surface area contributed by atoms with E-state index in [4.69, 9.17) is 9.72 Å². The average Bonchev–Trinajstić information content (AvgIpc) is 3.48. The summed E-state index contributed by atoms with van der Waals surface area (Å²) in [6, 6.07) is 13.1. The number of hydrogen-bond donors (Lipinski definition) is 0. The van der Waals surface area contributed by atoms with Crippen molar-refractivity contribution in [2.45, 2.75) is 38.8 Å². The van der Waals surface area contributed by atoms with Crippen LogP contribution in [0.2, 0.25) is 0 Å². The molecule has 2 aromatic heterocycles. The summed E-state index contributed by atoms with van der Waals surface area (Å²) in [6.07, 6.45) is 2.41. The second-order valence-electron chi connectivity index (χ2n) is 8.51. The van der Waals surface area contributed by atoms with E-state index in [-0.39, 0.29) is 5.82 Å². The molecule has 1 fully saturated rings. The van der Waals surface area contributed by atoms with Gasteiger partial charge in [-0.2, -0.15) is 5.26 Å². The molecule has 158 valence electrons. The summed E-state index contributed by atoms with van der Waals surface area (Å²) in [4.78, 5) is 4.88. The summed E-state index contributed by atoms with van der Waals surface area (Å²) in [6.45, 7) is 2.87. The topological polar surface area (TPSA) is 50.8 Å². The first kappa shape index (κ1) is 19.3. The minimum absolute atomic E-state index is 0.328. The molecule has 2 aromatic carbocycles. The zero-order valence-electron chi connectivity index (χ0n) is 17.6. The first-order chi connectivity index (χ1) is 15.6. The number of nitriles is 1. The van der Waals surface area contributed by atoms with Gasteiger partial charge in [0.25, 0.3) is 0 Å². The van der Waals surface area contributed by atoms with Gasteiger partial charge in [-0.1, -0.05) is 12.1 Å².